The molecule has 1 N–H and O–H groups in total. The van der Waals surface area contributed by atoms with E-state index in [-0.39, 0.29) is 17.6 Å². The van der Waals surface area contributed by atoms with Gasteiger partial charge in [-0.05, 0) is 29.2 Å². The van der Waals surface area contributed by atoms with Crippen molar-refractivity contribution in [3.8, 4) is 0 Å². The average molecular weight is 347 g/mol. The van der Waals surface area contributed by atoms with E-state index < -0.39 is 0 Å². The SMILES string of the molecule is O=C(CC(c1ccccc1)c1ccccc1)NCCc1ccccc1F. The van der Waals surface area contributed by atoms with Crippen LogP contribution in [-0.4, -0.2) is 12.5 Å². The number of carbonyl (C=O) groups excluding carboxylic acids is 1. The maximum atomic E-state index is 13.7. The van der Waals surface area contributed by atoms with Gasteiger partial charge in [0.1, 0.15) is 5.82 Å². The Morgan fingerprint density at radius 1 is 0.808 bits per heavy atom. The molecule has 0 bridgehead atoms. The fourth-order valence-electron chi connectivity index (χ4n) is 3.09. The summed E-state index contributed by atoms with van der Waals surface area (Å²) in [6, 6.07) is 26.7. The standard InChI is InChI=1S/C23H22FNO/c24-22-14-8-7-13-20(22)15-16-25-23(26)17-21(18-9-3-1-4-10-18)19-11-5-2-6-12-19/h1-14,21H,15-17H2,(H,25,26). The van der Waals surface area contributed by atoms with Crippen LogP contribution in [0.4, 0.5) is 4.39 Å². The number of rotatable bonds is 7. The van der Waals surface area contributed by atoms with Crippen molar-refractivity contribution < 1.29 is 9.18 Å². The second kappa shape index (κ2) is 8.95. The predicted octanol–water partition coefficient (Wildman–Crippen LogP) is 4.71. The Bertz CT molecular complexity index is 794. The van der Waals surface area contributed by atoms with E-state index in [9.17, 15) is 9.18 Å². The summed E-state index contributed by atoms with van der Waals surface area (Å²) < 4.78 is 13.7. The highest BCUT2D eigenvalue weighted by molar-refractivity contribution is 5.77. The maximum absolute atomic E-state index is 13.7. The minimum Gasteiger partial charge on any atom is -0.356 e. The Hall–Kier alpha value is -2.94. The summed E-state index contributed by atoms with van der Waals surface area (Å²) in [5, 5.41) is 2.92. The van der Waals surface area contributed by atoms with E-state index in [1.54, 1.807) is 18.2 Å². The fraction of sp³-hybridized carbons (Fsp3) is 0.174. The van der Waals surface area contributed by atoms with Crippen molar-refractivity contribution in [1.82, 2.24) is 5.32 Å². The molecular weight excluding hydrogens is 325 g/mol. The van der Waals surface area contributed by atoms with Crippen molar-refractivity contribution in [2.24, 2.45) is 0 Å². The number of hydrogen-bond donors (Lipinski definition) is 1. The molecule has 0 spiro atoms. The number of carbonyl (C=O) groups is 1. The van der Waals surface area contributed by atoms with Crippen molar-refractivity contribution in [3.63, 3.8) is 0 Å². The zero-order valence-electron chi connectivity index (χ0n) is 14.6. The second-order valence-electron chi connectivity index (χ2n) is 6.27. The van der Waals surface area contributed by atoms with Gasteiger partial charge in [-0.3, -0.25) is 4.79 Å². The lowest BCUT2D eigenvalue weighted by Gasteiger charge is -2.18. The van der Waals surface area contributed by atoms with E-state index in [0.29, 0.717) is 24.9 Å². The van der Waals surface area contributed by atoms with Gasteiger partial charge in [0, 0.05) is 18.9 Å². The van der Waals surface area contributed by atoms with Crippen molar-refractivity contribution >= 4 is 5.91 Å². The van der Waals surface area contributed by atoms with Crippen LogP contribution in [0.3, 0.4) is 0 Å². The Kier molecular flexibility index (Phi) is 6.15. The Morgan fingerprint density at radius 2 is 1.35 bits per heavy atom. The molecule has 3 aromatic rings. The van der Waals surface area contributed by atoms with E-state index in [0.717, 1.165) is 11.1 Å². The van der Waals surface area contributed by atoms with Crippen molar-refractivity contribution in [1.29, 1.82) is 0 Å². The van der Waals surface area contributed by atoms with Crippen LogP contribution in [0.5, 0.6) is 0 Å². The molecule has 0 radical (unpaired) electrons. The summed E-state index contributed by atoms with van der Waals surface area (Å²) in [5.41, 5.74) is 2.85. The molecule has 0 unspecified atom stereocenters. The van der Waals surface area contributed by atoms with Crippen LogP contribution < -0.4 is 5.32 Å². The quantitative estimate of drug-likeness (QED) is 0.659. The lowest BCUT2D eigenvalue weighted by atomic mass is 9.88. The van der Waals surface area contributed by atoms with Crippen LogP contribution in [0.2, 0.25) is 0 Å². The minimum absolute atomic E-state index is 0.00543. The molecule has 0 aliphatic carbocycles. The molecule has 3 rings (SSSR count). The molecule has 26 heavy (non-hydrogen) atoms. The smallest absolute Gasteiger partial charge is 0.220 e. The normalized spacial score (nSPS) is 10.7. The summed E-state index contributed by atoms with van der Waals surface area (Å²) in [7, 11) is 0. The van der Waals surface area contributed by atoms with Crippen LogP contribution in [-0.2, 0) is 11.2 Å². The number of nitrogens with one attached hydrogen (secondary N) is 1. The van der Waals surface area contributed by atoms with Crippen LogP contribution in [0.25, 0.3) is 0 Å². The number of halogens is 1. The van der Waals surface area contributed by atoms with Crippen molar-refractivity contribution in [3.05, 3.63) is 107 Å². The number of hydrogen-bond acceptors (Lipinski definition) is 1. The first-order valence-electron chi connectivity index (χ1n) is 8.84. The summed E-state index contributed by atoms with van der Waals surface area (Å²) >= 11 is 0. The molecule has 0 fully saturated rings. The van der Waals surface area contributed by atoms with Gasteiger partial charge in [-0.1, -0.05) is 78.9 Å². The zero-order valence-corrected chi connectivity index (χ0v) is 14.6. The summed E-state index contributed by atoms with van der Waals surface area (Å²) in [5.74, 6) is -0.252. The number of amides is 1. The van der Waals surface area contributed by atoms with Crippen molar-refractivity contribution in [2.75, 3.05) is 6.54 Å². The third-order valence-corrected chi connectivity index (χ3v) is 4.47. The Morgan fingerprint density at radius 3 is 1.92 bits per heavy atom. The van der Waals surface area contributed by atoms with Gasteiger partial charge in [-0.15, -0.1) is 0 Å². The maximum Gasteiger partial charge on any atom is 0.220 e. The van der Waals surface area contributed by atoms with Crippen LogP contribution in [0.1, 0.15) is 29.0 Å². The molecule has 1 amide bonds. The van der Waals surface area contributed by atoms with Gasteiger partial charge in [0.2, 0.25) is 5.91 Å². The highest BCUT2D eigenvalue weighted by Gasteiger charge is 2.17. The first kappa shape index (κ1) is 17.9. The number of benzene rings is 3. The molecule has 0 aromatic heterocycles. The second-order valence-corrected chi connectivity index (χ2v) is 6.27. The molecule has 2 nitrogen and oxygen atoms in total. The molecular formula is C23H22FNO. The molecule has 0 saturated carbocycles. The van der Waals surface area contributed by atoms with Gasteiger partial charge in [-0.2, -0.15) is 0 Å². The average Bonchev–Trinajstić information content (AvgIpc) is 2.69. The summed E-state index contributed by atoms with van der Waals surface area (Å²) in [6.45, 7) is 0.427. The van der Waals surface area contributed by atoms with Gasteiger partial charge in [0.05, 0.1) is 0 Å². The molecule has 3 aromatic carbocycles. The zero-order chi connectivity index (χ0) is 18.2. The highest BCUT2D eigenvalue weighted by atomic mass is 19.1. The lowest BCUT2D eigenvalue weighted by molar-refractivity contribution is -0.121. The summed E-state index contributed by atoms with van der Waals surface area (Å²) in [6.07, 6.45) is 0.852. The van der Waals surface area contributed by atoms with Gasteiger partial charge in [0.15, 0.2) is 0 Å². The minimum atomic E-state index is -0.229. The largest absolute Gasteiger partial charge is 0.356 e. The molecule has 0 aliphatic rings. The molecule has 132 valence electrons. The highest BCUT2D eigenvalue weighted by Crippen LogP contribution is 2.27. The first-order chi connectivity index (χ1) is 12.7. The monoisotopic (exact) mass is 347 g/mol. The van der Waals surface area contributed by atoms with E-state index in [1.807, 2.05) is 60.7 Å². The van der Waals surface area contributed by atoms with Crippen LogP contribution >= 0.6 is 0 Å². The van der Waals surface area contributed by atoms with E-state index in [2.05, 4.69) is 5.32 Å². The predicted molar refractivity (Wildman–Crippen MR) is 102 cm³/mol. The third-order valence-electron chi connectivity index (χ3n) is 4.47. The van der Waals surface area contributed by atoms with Gasteiger partial charge >= 0.3 is 0 Å². The lowest BCUT2D eigenvalue weighted by Crippen LogP contribution is -2.27. The van der Waals surface area contributed by atoms with E-state index >= 15 is 0 Å². The topological polar surface area (TPSA) is 29.1 Å². The van der Waals surface area contributed by atoms with Crippen LogP contribution in [0.15, 0.2) is 84.9 Å². The van der Waals surface area contributed by atoms with Crippen molar-refractivity contribution in [2.45, 2.75) is 18.8 Å². The molecule has 3 heteroatoms. The molecule has 0 aliphatic heterocycles. The molecule has 0 saturated heterocycles. The van der Waals surface area contributed by atoms with E-state index in [1.165, 1.54) is 6.07 Å². The Labute approximate surface area is 153 Å². The molecule has 0 heterocycles. The third kappa shape index (κ3) is 4.79. The van der Waals surface area contributed by atoms with Crippen LogP contribution in [0, 0.1) is 5.82 Å². The van der Waals surface area contributed by atoms with Gasteiger partial charge in [0.25, 0.3) is 0 Å². The molecule has 0 atom stereocenters. The van der Waals surface area contributed by atoms with E-state index in [4.69, 9.17) is 0 Å². The van der Waals surface area contributed by atoms with Gasteiger partial charge < -0.3 is 5.32 Å². The first-order valence-corrected chi connectivity index (χ1v) is 8.84. The fourth-order valence-corrected chi connectivity index (χ4v) is 3.09. The summed E-state index contributed by atoms with van der Waals surface area (Å²) in [4.78, 5) is 12.5. The Balaban J connectivity index is 1.63. The van der Waals surface area contributed by atoms with Gasteiger partial charge in [-0.25, -0.2) is 4.39 Å².